The van der Waals surface area contributed by atoms with E-state index in [4.69, 9.17) is 56.8 Å². The highest BCUT2D eigenvalue weighted by Crippen LogP contribution is 2.59. The molecule has 8 bridgehead atoms. The van der Waals surface area contributed by atoms with Crippen molar-refractivity contribution in [3.8, 4) is 46.0 Å². The number of hydrogen-bond acceptors (Lipinski definition) is 24. The van der Waals surface area contributed by atoms with Crippen LogP contribution in [0, 0.1) is 0 Å². The topological polar surface area (TPSA) is 460 Å². The Labute approximate surface area is 812 Å². The number of alkyl carbamates (subject to hydrolysis) is 4. The van der Waals surface area contributed by atoms with Crippen molar-refractivity contribution in [3.63, 3.8) is 0 Å². The molecule has 0 radical (unpaired) electrons. The fourth-order valence-corrected chi connectivity index (χ4v) is 17.6. The van der Waals surface area contributed by atoms with Gasteiger partial charge in [-0.2, -0.15) is 0 Å². The zero-order valence-corrected chi connectivity index (χ0v) is 79.4. The first-order valence-corrected chi connectivity index (χ1v) is 48.0. The van der Waals surface area contributed by atoms with Crippen LogP contribution in [0.3, 0.4) is 0 Å². The van der Waals surface area contributed by atoms with Gasteiger partial charge in [-0.15, -0.1) is 0 Å². The molecule has 0 atom stereocenters. The van der Waals surface area contributed by atoms with Crippen LogP contribution < -0.4 is 102 Å². The summed E-state index contributed by atoms with van der Waals surface area (Å²) in [5, 5.41) is 32.5. The van der Waals surface area contributed by atoms with Crippen LogP contribution >= 0.6 is 0 Å². The SMILES string of the molecule is CCCCCC1c2cc3c4c(CNC(=O)CNC(=O)CNC(=O)OCc5ccccc5)c2OCOc2c1cc1c(c2CNC(=O)CNC(=O)CNC(=O)OCc2ccccc2)OCOc2c(cc5c(c2CNC(=O)CNC(=O)CNC(=O)OCc2ccccc2)OCOc2c(cc(c(c2CNC(=O)CNC(=O)CNC(=O)OCc2ccccc2)OCO4)C3CCCCC)C5CCCCC)C1CCCCC. The lowest BCUT2D eigenvalue weighted by Crippen LogP contribution is -2.42. The van der Waals surface area contributed by atoms with E-state index < -0.39 is 175 Å². The van der Waals surface area contributed by atoms with Crippen LogP contribution in [0.25, 0.3) is 0 Å². The van der Waals surface area contributed by atoms with Gasteiger partial charge in [0.2, 0.25) is 74.4 Å². The van der Waals surface area contributed by atoms with Gasteiger partial charge in [-0.05, 0) is 72.2 Å². The summed E-state index contributed by atoms with van der Waals surface area (Å²) in [6.45, 7) is 0.806. The summed E-state index contributed by atoms with van der Waals surface area (Å²) in [6, 6.07) is 44.5. The van der Waals surface area contributed by atoms with Crippen molar-refractivity contribution >= 4 is 71.6 Å². The predicted molar refractivity (Wildman–Crippen MR) is 512 cm³/mol. The third-order valence-corrected chi connectivity index (χ3v) is 24.6. The highest BCUT2D eigenvalue weighted by atomic mass is 16.7. The first-order valence-electron chi connectivity index (χ1n) is 48.0. The molecule has 4 aliphatic heterocycles. The smallest absolute Gasteiger partial charge is 0.407 e. The van der Waals surface area contributed by atoms with Crippen molar-refractivity contribution < 1.29 is 114 Å². The Morgan fingerprint density at radius 2 is 0.407 bits per heavy atom. The number of unbranched alkanes of at least 4 members (excludes halogenated alkanes) is 8. The van der Waals surface area contributed by atoms with Crippen LogP contribution in [0.2, 0.25) is 0 Å². The van der Waals surface area contributed by atoms with E-state index in [-0.39, 0.29) is 98.6 Å². The number of ether oxygens (including phenoxy) is 12. The van der Waals surface area contributed by atoms with Gasteiger partial charge in [-0.3, -0.25) is 38.4 Å². The molecule has 4 heterocycles. The molecule has 36 heteroatoms. The normalized spacial score (nSPS) is 14.6. The lowest BCUT2D eigenvalue weighted by Gasteiger charge is -2.38. The van der Waals surface area contributed by atoms with E-state index in [1.165, 1.54) is 0 Å². The summed E-state index contributed by atoms with van der Waals surface area (Å²) < 4.78 is 78.5. The number of hydrogen-bond donors (Lipinski definition) is 12. The van der Waals surface area contributed by atoms with E-state index in [0.717, 1.165) is 73.6 Å². The Bertz CT molecular complexity index is 4850. The van der Waals surface area contributed by atoms with Gasteiger partial charge in [0, 0.05) is 68.2 Å². The Hall–Kier alpha value is -15.0. The summed E-state index contributed by atoms with van der Waals surface area (Å²) >= 11 is 0. The molecular formula is C104H124N12O24. The van der Waals surface area contributed by atoms with E-state index in [0.29, 0.717) is 118 Å². The van der Waals surface area contributed by atoms with Crippen molar-refractivity contribution in [1.82, 2.24) is 63.8 Å². The second-order valence-electron chi connectivity index (χ2n) is 34.5. The van der Waals surface area contributed by atoms with Crippen molar-refractivity contribution in [1.29, 1.82) is 0 Å². The predicted octanol–water partition coefficient (Wildman–Crippen LogP) is 12.4. The monoisotopic (exact) mass is 1920 g/mol. The molecule has 0 fully saturated rings. The van der Waals surface area contributed by atoms with Gasteiger partial charge in [0.1, 0.15) is 98.6 Å². The number of benzene rings is 8. The highest BCUT2D eigenvalue weighted by molar-refractivity contribution is 5.90. The third-order valence-electron chi connectivity index (χ3n) is 24.6. The highest BCUT2D eigenvalue weighted by Gasteiger charge is 2.43. The maximum atomic E-state index is 14.7. The minimum atomic E-state index is -0.850. The van der Waals surface area contributed by atoms with E-state index in [1.807, 2.05) is 24.3 Å². The average Bonchev–Trinajstić information content (AvgIpc) is 0.717. The minimum absolute atomic E-state index is 0.0468. The standard InChI is InChI=1S/C104H124N12O24/c1-5-9-17-37-69-73-41-75-70(38-18-10-6-2)77-43-79-72(40-20-12-8-4)80-44-78-71(39-19-11-7-3)76-42-74(69)94-82(46-106-86(118)50-110-90(122)54-114-102(126)130-58-66-31-23-14-24-32-66)96(76)136-63-138-98(78)84(48-108-88(120)52-112-92(124)56-116-104(128)132-60-68-35-27-16-28-36-68)100(80)140-64-139-99(79)83(47-107-87(119)51-111-91(123)55-115-103(127)131-59-67-33-25-15-26-34-67)97(77)137-62-135-95(75)81(93(73)133-61-134-94)45-105-85(117)49-109-89(121)53-113-101(125)129-57-65-29-21-13-22-30-65/h13-16,21-36,41-44,69-72H,5-12,17-20,37-40,45-64H2,1-4H3,(H,105,117)(H,106,118)(H,107,119)(H,108,120)(H,109,121)(H,110,122)(H,111,123)(H,112,124)(H,113,125)(H,114,126)(H,115,127)(H,116,128). The van der Waals surface area contributed by atoms with E-state index in [2.05, 4.69) is 116 Å². The average molecular weight is 1930 g/mol. The fraction of sp³-hybridized carbons (Fsp3) is 0.423. The van der Waals surface area contributed by atoms with Gasteiger partial charge in [0.15, 0.2) is 0 Å². The molecule has 12 amide bonds. The molecule has 0 unspecified atom stereocenters. The van der Waals surface area contributed by atoms with Crippen LogP contribution in [0.4, 0.5) is 19.2 Å². The molecule has 12 N–H and O–H groups in total. The van der Waals surface area contributed by atoms with Gasteiger partial charge in [0.25, 0.3) is 0 Å². The Kier molecular flexibility index (Phi) is 38.4. The third kappa shape index (κ3) is 28.6. The Morgan fingerprint density at radius 3 is 0.586 bits per heavy atom. The molecule has 744 valence electrons. The number of rotatable bonds is 48. The van der Waals surface area contributed by atoms with E-state index in [1.54, 1.807) is 97.1 Å². The molecule has 0 spiro atoms. The van der Waals surface area contributed by atoms with Crippen LogP contribution in [-0.4, -0.2) is 151 Å². The molecular weight excluding hydrogens is 1800 g/mol. The van der Waals surface area contributed by atoms with Gasteiger partial charge in [-0.25, -0.2) is 19.2 Å². The molecule has 13 rings (SSSR count). The number of amides is 12. The molecule has 0 saturated heterocycles. The molecule has 36 nitrogen and oxygen atoms in total. The van der Waals surface area contributed by atoms with Crippen LogP contribution in [0.5, 0.6) is 46.0 Å². The molecule has 0 aromatic heterocycles. The molecule has 5 aliphatic rings. The maximum Gasteiger partial charge on any atom is 0.407 e. The van der Waals surface area contributed by atoms with Crippen molar-refractivity contribution in [2.45, 2.75) is 207 Å². The number of carbonyl (C=O) groups excluding carboxylic acids is 12. The summed E-state index contributed by atoms with van der Waals surface area (Å²) in [7, 11) is 0. The first kappa shape index (κ1) is 102. The van der Waals surface area contributed by atoms with Crippen molar-refractivity contribution in [2.24, 2.45) is 0 Å². The maximum absolute atomic E-state index is 14.7. The quantitative estimate of drug-likeness (QED) is 0.0124. The largest absolute Gasteiger partial charge is 0.457 e. The second-order valence-corrected chi connectivity index (χ2v) is 34.5. The van der Waals surface area contributed by atoms with E-state index >= 15 is 0 Å². The lowest BCUT2D eigenvalue weighted by molar-refractivity contribution is -0.125. The zero-order valence-electron chi connectivity index (χ0n) is 79.4. The Morgan fingerprint density at radius 1 is 0.236 bits per heavy atom. The Balaban J connectivity index is 0.968. The number of nitrogens with one attached hydrogen (secondary N) is 12. The van der Waals surface area contributed by atoms with Crippen LogP contribution in [0.15, 0.2) is 146 Å². The van der Waals surface area contributed by atoms with Crippen molar-refractivity contribution in [3.05, 3.63) is 235 Å². The van der Waals surface area contributed by atoms with Gasteiger partial charge >= 0.3 is 24.4 Å². The van der Waals surface area contributed by atoms with Crippen molar-refractivity contribution in [2.75, 3.05) is 79.5 Å². The summed E-state index contributed by atoms with van der Waals surface area (Å²) in [5.41, 5.74) is 9.62. The molecule has 8 aromatic carbocycles. The zero-order chi connectivity index (χ0) is 98.5. The van der Waals surface area contributed by atoms with Gasteiger partial charge in [0.05, 0.1) is 74.6 Å². The lowest BCUT2D eigenvalue weighted by atomic mass is 9.74. The minimum Gasteiger partial charge on any atom is -0.457 e. The summed E-state index contributed by atoms with van der Waals surface area (Å²) in [6.07, 6.45) is 6.99. The summed E-state index contributed by atoms with van der Waals surface area (Å²) in [5.74, 6) is -5.82. The van der Waals surface area contributed by atoms with Crippen LogP contribution in [0.1, 0.15) is 243 Å². The fourth-order valence-electron chi connectivity index (χ4n) is 17.6. The molecule has 1 aliphatic carbocycles. The van der Waals surface area contributed by atoms with Crippen LogP contribution in [-0.2, 0) is 110 Å². The molecule has 140 heavy (non-hydrogen) atoms. The van der Waals surface area contributed by atoms with E-state index in [9.17, 15) is 57.5 Å². The van der Waals surface area contributed by atoms with Gasteiger partial charge in [-0.1, -0.05) is 226 Å². The number of carbonyl (C=O) groups is 12. The van der Waals surface area contributed by atoms with Gasteiger partial charge < -0.3 is 121 Å². The molecule has 0 saturated carbocycles. The molecule has 8 aromatic rings. The summed E-state index contributed by atoms with van der Waals surface area (Å²) in [4.78, 5) is 164. The first-order chi connectivity index (χ1) is 68.3. The second kappa shape index (κ2) is 52.5.